The molecule has 0 bridgehead atoms. The van der Waals surface area contributed by atoms with E-state index in [1.165, 1.54) is 6.33 Å². The topological polar surface area (TPSA) is 92.0 Å². The molecular weight excluding hydrogens is 168 g/mol. The second-order valence-electron chi connectivity index (χ2n) is 2.60. The first-order chi connectivity index (χ1) is 6.24. The van der Waals surface area contributed by atoms with Crippen LogP contribution in [0.3, 0.4) is 0 Å². The average Bonchev–Trinajstić information content (AvgIpc) is 2.55. The highest BCUT2D eigenvalue weighted by atomic mass is 15.2. The number of nitrogens with zero attached hydrogens (tertiary/aromatic N) is 3. The number of aromatic nitrogens is 3. The third kappa shape index (κ3) is 2.73. The Labute approximate surface area is 76.7 Å². The minimum atomic E-state index is -0.00204. The van der Waals surface area contributed by atoms with Crippen LogP contribution in [0.4, 0.5) is 0 Å². The van der Waals surface area contributed by atoms with Crippen LogP contribution in [-0.2, 0) is 0 Å². The summed E-state index contributed by atoms with van der Waals surface area (Å²) in [6, 6.07) is -0.00204. The predicted molar refractivity (Wildman–Crippen MR) is 50.1 cm³/mol. The number of nitrogens with one attached hydrogen (secondary N) is 2. The van der Waals surface area contributed by atoms with Gasteiger partial charge in [0.05, 0.1) is 6.04 Å². The summed E-state index contributed by atoms with van der Waals surface area (Å²) in [5, 5.41) is 9.47. The van der Waals surface area contributed by atoms with Crippen molar-refractivity contribution in [3.05, 3.63) is 12.2 Å². The Balaban J connectivity index is 2.51. The van der Waals surface area contributed by atoms with Crippen molar-refractivity contribution in [2.45, 2.75) is 19.9 Å². The van der Waals surface area contributed by atoms with Gasteiger partial charge in [-0.15, -0.1) is 0 Å². The van der Waals surface area contributed by atoms with Gasteiger partial charge in [-0.25, -0.2) is 4.98 Å². The van der Waals surface area contributed by atoms with Gasteiger partial charge in [-0.1, -0.05) is 0 Å². The maximum Gasteiger partial charge on any atom is 0.189 e. The van der Waals surface area contributed by atoms with Crippen molar-refractivity contribution in [1.82, 2.24) is 20.5 Å². The Bertz CT molecular complexity index is 265. The van der Waals surface area contributed by atoms with Crippen molar-refractivity contribution in [3.63, 3.8) is 0 Å². The molecule has 0 radical (unpaired) electrons. The second kappa shape index (κ2) is 4.44. The molecule has 6 nitrogen and oxygen atoms in total. The van der Waals surface area contributed by atoms with Crippen LogP contribution >= 0.6 is 0 Å². The molecule has 0 spiro atoms. The van der Waals surface area contributed by atoms with Gasteiger partial charge in [0.2, 0.25) is 0 Å². The molecule has 0 amide bonds. The monoisotopic (exact) mass is 182 g/mol. The number of hydrogen-bond donors (Lipinski definition) is 3. The molecular formula is C7H14N6. The van der Waals surface area contributed by atoms with Gasteiger partial charge in [-0.3, -0.25) is 10.1 Å². The third-order valence-corrected chi connectivity index (χ3v) is 1.54. The van der Waals surface area contributed by atoms with Gasteiger partial charge in [-0.05, 0) is 13.8 Å². The lowest BCUT2D eigenvalue weighted by Crippen LogP contribution is -2.34. The summed E-state index contributed by atoms with van der Waals surface area (Å²) in [6.45, 7) is 4.52. The molecule has 0 aliphatic heterocycles. The van der Waals surface area contributed by atoms with Crippen LogP contribution in [-0.4, -0.2) is 27.7 Å². The Hall–Kier alpha value is -1.59. The zero-order chi connectivity index (χ0) is 9.68. The van der Waals surface area contributed by atoms with Gasteiger partial charge in [-0.2, -0.15) is 5.10 Å². The summed E-state index contributed by atoms with van der Waals surface area (Å²) in [5.41, 5.74) is 5.57. The third-order valence-electron chi connectivity index (χ3n) is 1.54. The van der Waals surface area contributed by atoms with Crippen LogP contribution < -0.4 is 11.1 Å². The van der Waals surface area contributed by atoms with Crippen LogP contribution in [0.25, 0.3) is 0 Å². The highest BCUT2D eigenvalue weighted by molar-refractivity contribution is 5.78. The van der Waals surface area contributed by atoms with Gasteiger partial charge in [0.1, 0.15) is 12.2 Å². The average molecular weight is 182 g/mol. The number of H-pyrrole nitrogens is 1. The van der Waals surface area contributed by atoms with E-state index in [2.05, 4.69) is 25.5 Å². The minimum absolute atomic E-state index is 0.00204. The molecule has 1 aromatic rings. The van der Waals surface area contributed by atoms with E-state index in [0.29, 0.717) is 12.5 Å². The maximum absolute atomic E-state index is 5.57. The fourth-order valence-corrected chi connectivity index (χ4v) is 0.930. The largest absolute Gasteiger partial charge is 0.370 e. The summed E-state index contributed by atoms with van der Waals surface area (Å²) >= 11 is 0. The van der Waals surface area contributed by atoms with Gasteiger partial charge in [0.15, 0.2) is 5.96 Å². The number of nitrogens with two attached hydrogens (primary N) is 1. The molecule has 0 aliphatic carbocycles. The molecule has 0 aromatic carbocycles. The zero-order valence-corrected chi connectivity index (χ0v) is 7.78. The molecule has 0 saturated carbocycles. The summed E-state index contributed by atoms with van der Waals surface area (Å²) in [5.74, 6) is 1.17. The molecule has 0 aliphatic rings. The first-order valence-electron chi connectivity index (χ1n) is 4.15. The van der Waals surface area contributed by atoms with E-state index >= 15 is 0 Å². The molecule has 4 N–H and O–H groups in total. The van der Waals surface area contributed by atoms with Crippen molar-refractivity contribution in [1.29, 1.82) is 0 Å². The van der Waals surface area contributed by atoms with E-state index < -0.39 is 0 Å². The SMILES string of the molecule is CCN=C(N)NC(C)c1ncn[nH]1. The van der Waals surface area contributed by atoms with Gasteiger partial charge in [0.25, 0.3) is 0 Å². The highest BCUT2D eigenvalue weighted by Crippen LogP contribution is 2.02. The molecule has 1 heterocycles. The summed E-state index contributed by atoms with van der Waals surface area (Å²) in [6.07, 6.45) is 1.46. The molecule has 6 heteroatoms. The van der Waals surface area contributed by atoms with Gasteiger partial charge in [0, 0.05) is 6.54 Å². The lowest BCUT2D eigenvalue weighted by Gasteiger charge is -2.10. The maximum atomic E-state index is 5.57. The van der Waals surface area contributed by atoms with E-state index in [4.69, 9.17) is 5.73 Å². The first kappa shape index (κ1) is 9.50. The molecule has 1 unspecified atom stereocenters. The van der Waals surface area contributed by atoms with Gasteiger partial charge < -0.3 is 11.1 Å². The Morgan fingerprint density at radius 1 is 1.85 bits per heavy atom. The van der Waals surface area contributed by atoms with E-state index in [9.17, 15) is 0 Å². The smallest absolute Gasteiger partial charge is 0.189 e. The van der Waals surface area contributed by atoms with E-state index in [0.717, 1.165) is 5.82 Å². The van der Waals surface area contributed by atoms with Crippen LogP contribution in [0.1, 0.15) is 25.7 Å². The van der Waals surface area contributed by atoms with Crippen molar-refractivity contribution >= 4 is 5.96 Å². The Kier molecular flexibility index (Phi) is 3.24. The molecule has 72 valence electrons. The quantitative estimate of drug-likeness (QED) is 0.445. The number of guanidine groups is 1. The summed E-state index contributed by atoms with van der Waals surface area (Å²) < 4.78 is 0. The Morgan fingerprint density at radius 2 is 2.62 bits per heavy atom. The highest BCUT2D eigenvalue weighted by Gasteiger charge is 2.07. The molecule has 1 atom stereocenters. The first-order valence-corrected chi connectivity index (χ1v) is 4.15. The zero-order valence-electron chi connectivity index (χ0n) is 7.78. The minimum Gasteiger partial charge on any atom is -0.370 e. The summed E-state index contributed by atoms with van der Waals surface area (Å²) in [7, 11) is 0. The lowest BCUT2D eigenvalue weighted by atomic mass is 10.3. The molecule has 0 fully saturated rings. The van der Waals surface area contributed by atoms with E-state index in [1.807, 2.05) is 13.8 Å². The number of hydrogen-bond acceptors (Lipinski definition) is 3. The predicted octanol–water partition coefficient (Wildman–Crippen LogP) is -0.210. The van der Waals surface area contributed by atoms with E-state index in [-0.39, 0.29) is 6.04 Å². The standard InChI is InChI=1S/C7H14N6/c1-3-9-7(8)12-5(2)6-10-4-11-13-6/h4-5H,3H2,1-2H3,(H3,8,9,12)(H,10,11,13). The van der Waals surface area contributed by atoms with Crippen LogP contribution in [0.15, 0.2) is 11.3 Å². The van der Waals surface area contributed by atoms with Crippen LogP contribution in [0.2, 0.25) is 0 Å². The number of aliphatic imine (C=N–C) groups is 1. The number of rotatable bonds is 3. The van der Waals surface area contributed by atoms with Crippen LogP contribution in [0, 0.1) is 0 Å². The van der Waals surface area contributed by atoms with Crippen molar-refractivity contribution in [2.75, 3.05) is 6.54 Å². The fraction of sp³-hybridized carbons (Fsp3) is 0.571. The van der Waals surface area contributed by atoms with Crippen LogP contribution in [0.5, 0.6) is 0 Å². The fourth-order valence-electron chi connectivity index (χ4n) is 0.930. The molecule has 1 aromatic heterocycles. The Morgan fingerprint density at radius 3 is 3.15 bits per heavy atom. The lowest BCUT2D eigenvalue weighted by molar-refractivity contribution is 0.660. The normalized spacial score (nSPS) is 14.2. The van der Waals surface area contributed by atoms with E-state index in [1.54, 1.807) is 0 Å². The van der Waals surface area contributed by atoms with Gasteiger partial charge >= 0.3 is 0 Å². The second-order valence-corrected chi connectivity index (χ2v) is 2.60. The molecule has 13 heavy (non-hydrogen) atoms. The summed E-state index contributed by atoms with van der Waals surface area (Å²) in [4.78, 5) is 7.99. The molecule has 0 saturated heterocycles. The number of aromatic amines is 1. The van der Waals surface area contributed by atoms with Crippen molar-refractivity contribution in [3.8, 4) is 0 Å². The molecule has 1 rings (SSSR count). The van der Waals surface area contributed by atoms with Crippen molar-refractivity contribution < 1.29 is 0 Å². The van der Waals surface area contributed by atoms with Crippen molar-refractivity contribution in [2.24, 2.45) is 10.7 Å².